The number of hydrogen-bond acceptors (Lipinski definition) is 5. The predicted molar refractivity (Wildman–Crippen MR) is 99.5 cm³/mol. The molecule has 1 amide bonds. The van der Waals surface area contributed by atoms with E-state index in [1.54, 1.807) is 17.7 Å². The number of aromatic nitrogens is 1. The molecule has 1 heterocycles. The largest absolute Gasteiger partial charge is 0.493 e. The highest BCUT2D eigenvalue weighted by Gasteiger charge is 2.14. The second kappa shape index (κ2) is 7.60. The lowest BCUT2D eigenvalue weighted by atomic mass is 10.0. The van der Waals surface area contributed by atoms with E-state index in [0.29, 0.717) is 23.1 Å². The van der Waals surface area contributed by atoms with Crippen LogP contribution in [0.3, 0.4) is 0 Å². The SMILES string of the molecule is CCOc1ccc2ccccc2c1/C=C(\C#N)C(=O)Nc1nccs1. The van der Waals surface area contributed by atoms with Gasteiger partial charge in [0.2, 0.25) is 0 Å². The summed E-state index contributed by atoms with van der Waals surface area (Å²) in [6, 6.07) is 13.6. The van der Waals surface area contributed by atoms with Crippen molar-refractivity contribution in [1.29, 1.82) is 5.26 Å². The zero-order valence-corrected chi connectivity index (χ0v) is 14.3. The maximum absolute atomic E-state index is 12.4. The van der Waals surface area contributed by atoms with E-state index in [0.717, 1.165) is 10.8 Å². The van der Waals surface area contributed by atoms with Crippen molar-refractivity contribution in [3.8, 4) is 11.8 Å². The monoisotopic (exact) mass is 349 g/mol. The van der Waals surface area contributed by atoms with Gasteiger partial charge in [-0.05, 0) is 29.8 Å². The Morgan fingerprint density at radius 3 is 2.92 bits per heavy atom. The Bertz CT molecular complexity index is 972. The molecular formula is C19H15N3O2S. The van der Waals surface area contributed by atoms with Crippen LogP contribution in [-0.2, 0) is 4.79 Å². The van der Waals surface area contributed by atoms with Crippen LogP contribution in [0.15, 0.2) is 53.5 Å². The van der Waals surface area contributed by atoms with Gasteiger partial charge in [-0.15, -0.1) is 11.3 Å². The van der Waals surface area contributed by atoms with E-state index in [-0.39, 0.29) is 5.57 Å². The molecule has 0 spiro atoms. The number of carbonyl (C=O) groups excluding carboxylic acids is 1. The van der Waals surface area contributed by atoms with Gasteiger partial charge in [-0.1, -0.05) is 30.3 Å². The number of nitrogens with zero attached hydrogens (tertiary/aromatic N) is 2. The van der Waals surface area contributed by atoms with Gasteiger partial charge >= 0.3 is 0 Å². The first-order chi connectivity index (χ1) is 12.2. The van der Waals surface area contributed by atoms with Crippen LogP contribution in [0, 0.1) is 11.3 Å². The van der Waals surface area contributed by atoms with Crippen LogP contribution >= 0.6 is 11.3 Å². The van der Waals surface area contributed by atoms with Crippen LogP contribution in [0.4, 0.5) is 5.13 Å². The number of ether oxygens (including phenoxy) is 1. The van der Waals surface area contributed by atoms with Crippen molar-refractivity contribution >= 4 is 39.2 Å². The van der Waals surface area contributed by atoms with Gasteiger partial charge in [-0.25, -0.2) is 4.98 Å². The molecule has 0 saturated carbocycles. The highest BCUT2D eigenvalue weighted by molar-refractivity contribution is 7.13. The smallest absolute Gasteiger partial charge is 0.268 e. The highest BCUT2D eigenvalue weighted by atomic mass is 32.1. The number of amides is 1. The van der Waals surface area contributed by atoms with Crippen LogP contribution in [0.5, 0.6) is 5.75 Å². The summed E-state index contributed by atoms with van der Waals surface area (Å²) in [5, 5.41) is 16.2. The quantitative estimate of drug-likeness (QED) is 0.552. The Morgan fingerprint density at radius 1 is 1.36 bits per heavy atom. The van der Waals surface area contributed by atoms with Gasteiger partial charge in [-0.2, -0.15) is 5.26 Å². The molecule has 25 heavy (non-hydrogen) atoms. The van der Waals surface area contributed by atoms with Crippen LogP contribution in [0.2, 0.25) is 0 Å². The minimum absolute atomic E-state index is 0.00694. The number of anilines is 1. The van der Waals surface area contributed by atoms with Gasteiger partial charge in [0.1, 0.15) is 17.4 Å². The summed E-state index contributed by atoms with van der Waals surface area (Å²) >= 11 is 1.29. The van der Waals surface area contributed by atoms with Gasteiger partial charge in [0.25, 0.3) is 5.91 Å². The predicted octanol–water partition coefficient (Wildman–Crippen LogP) is 4.24. The third kappa shape index (κ3) is 3.67. The van der Waals surface area contributed by atoms with Crippen LogP contribution < -0.4 is 10.1 Å². The molecular weight excluding hydrogens is 334 g/mol. The standard InChI is InChI=1S/C19H15N3O2S/c1-2-24-17-8-7-13-5-3-4-6-15(13)16(17)11-14(12-20)18(23)22-19-21-9-10-25-19/h3-11H,2H2,1H3,(H,21,22,23)/b14-11+. The lowest BCUT2D eigenvalue weighted by Crippen LogP contribution is -2.13. The number of benzene rings is 2. The molecule has 1 aromatic heterocycles. The van der Waals surface area contributed by atoms with E-state index < -0.39 is 5.91 Å². The van der Waals surface area contributed by atoms with Crippen molar-refractivity contribution in [1.82, 2.24) is 4.98 Å². The summed E-state index contributed by atoms with van der Waals surface area (Å²) in [5.74, 6) is 0.142. The van der Waals surface area contributed by atoms with E-state index in [2.05, 4.69) is 10.3 Å². The van der Waals surface area contributed by atoms with E-state index in [4.69, 9.17) is 4.74 Å². The Balaban J connectivity index is 2.06. The lowest BCUT2D eigenvalue weighted by molar-refractivity contribution is -0.112. The summed E-state index contributed by atoms with van der Waals surface area (Å²) in [6.45, 7) is 2.38. The second-order valence-electron chi connectivity index (χ2n) is 5.09. The maximum Gasteiger partial charge on any atom is 0.268 e. The number of rotatable bonds is 5. The Hall–Kier alpha value is -3.17. The Morgan fingerprint density at radius 2 is 2.20 bits per heavy atom. The van der Waals surface area contributed by atoms with Gasteiger partial charge in [0.05, 0.1) is 6.61 Å². The molecule has 0 radical (unpaired) electrons. The molecule has 6 heteroatoms. The minimum atomic E-state index is -0.493. The fourth-order valence-electron chi connectivity index (χ4n) is 2.45. The number of nitrogens with one attached hydrogen (secondary N) is 1. The van der Waals surface area contributed by atoms with Crippen LogP contribution in [0.1, 0.15) is 12.5 Å². The van der Waals surface area contributed by atoms with Crippen molar-refractivity contribution in [2.24, 2.45) is 0 Å². The molecule has 0 fully saturated rings. The Kier molecular flexibility index (Phi) is 5.07. The first-order valence-electron chi connectivity index (χ1n) is 7.70. The van der Waals surface area contributed by atoms with Gasteiger partial charge in [0.15, 0.2) is 5.13 Å². The molecule has 0 aliphatic heterocycles. The van der Waals surface area contributed by atoms with E-state index in [1.165, 1.54) is 11.3 Å². The van der Waals surface area contributed by atoms with Crippen molar-refractivity contribution < 1.29 is 9.53 Å². The molecule has 3 aromatic rings. The molecule has 3 rings (SSSR count). The van der Waals surface area contributed by atoms with E-state index in [9.17, 15) is 10.1 Å². The molecule has 1 N–H and O–H groups in total. The second-order valence-corrected chi connectivity index (χ2v) is 5.99. The first kappa shape index (κ1) is 16.7. The molecule has 0 bridgehead atoms. The van der Waals surface area contributed by atoms with Crippen LogP contribution in [-0.4, -0.2) is 17.5 Å². The normalized spacial score (nSPS) is 11.1. The molecule has 2 aromatic carbocycles. The number of fused-ring (bicyclic) bond motifs is 1. The summed E-state index contributed by atoms with van der Waals surface area (Å²) in [5.41, 5.74) is 0.707. The van der Waals surface area contributed by atoms with Crippen LogP contribution in [0.25, 0.3) is 16.8 Å². The van der Waals surface area contributed by atoms with Gasteiger partial charge in [-0.3, -0.25) is 10.1 Å². The number of thiazole rings is 1. The number of hydrogen-bond donors (Lipinski definition) is 1. The van der Waals surface area contributed by atoms with Crippen molar-refractivity contribution in [2.75, 3.05) is 11.9 Å². The maximum atomic E-state index is 12.4. The fourth-order valence-corrected chi connectivity index (χ4v) is 2.97. The molecule has 124 valence electrons. The summed E-state index contributed by atoms with van der Waals surface area (Å²) in [4.78, 5) is 16.4. The number of nitriles is 1. The van der Waals surface area contributed by atoms with E-state index in [1.807, 2.05) is 49.4 Å². The molecule has 0 atom stereocenters. The summed E-state index contributed by atoms with van der Waals surface area (Å²) < 4.78 is 5.68. The third-order valence-corrected chi connectivity index (χ3v) is 4.23. The molecule has 5 nitrogen and oxygen atoms in total. The van der Waals surface area contributed by atoms with Crippen molar-refractivity contribution in [3.63, 3.8) is 0 Å². The Labute approximate surface area is 149 Å². The van der Waals surface area contributed by atoms with Gasteiger partial charge in [0, 0.05) is 17.1 Å². The molecule has 0 aliphatic rings. The lowest BCUT2D eigenvalue weighted by Gasteiger charge is -2.11. The third-order valence-electron chi connectivity index (χ3n) is 3.54. The number of carbonyl (C=O) groups is 1. The van der Waals surface area contributed by atoms with E-state index >= 15 is 0 Å². The average Bonchev–Trinajstić information content (AvgIpc) is 3.13. The molecule has 0 unspecified atom stereocenters. The zero-order chi connectivity index (χ0) is 17.6. The summed E-state index contributed by atoms with van der Waals surface area (Å²) in [7, 11) is 0. The van der Waals surface area contributed by atoms with Gasteiger partial charge < -0.3 is 4.74 Å². The fraction of sp³-hybridized carbons (Fsp3) is 0.105. The van der Waals surface area contributed by atoms with Crippen molar-refractivity contribution in [3.05, 3.63) is 59.1 Å². The summed E-state index contributed by atoms with van der Waals surface area (Å²) in [6.07, 6.45) is 3.16. The molecule has 0 aliphatic carbocycles. The molecule has 0 saturated heterocycles. The first-order valence-corrected chi connectivity index (χ1v) is 8.58. The highest BCUT2D eigenvalue weighted by Crippen LogP contribution is 2.30. The zero-order valence-electron chi connectivity index (χ0n) is 13.5. The average molecular weight is 349 g/mol. The van der Waals surface area contributed by atoms with Crippen molar-refractivity contribution in [2.45, 2.75) is 6.92 Å². The minimum Gasteiger partial charge on any atom is -0.493 e. The topological polar surface area (TPSA) is 75.0 Å².